The molecule has 3 heterocycles. The molecule has 0 bridgehead atoms. The summed E-state index contributed by atoms with van der Waals surface area (Å²) < 4.78 is 5.08. The molecule has 7 nitrogen and oxygen atoms in total. The molecule has 1 aromatic heterocycles. The van der Waals surface area contributed by atoms with Crippen LogP contribution in [0.5, 0.6) is 0 Å². The molecule has 0 unspecified atom stereocenters. The Bertz CT molecular complexity index is 1350. The molecule has 3 aromatic rings. The van der Waals surface area contributed by atoms with Gasteiger partial charge in [0.05, 0.1) is 24.4 Å². The van der Waals surface area contributed by atoms with Crippen LogP contribution in [0.15, 0.2) is 54.6 Å². The molecule has 0 N–H and O–H groups in total. The van der Waals surface area contributed by atoms with Gasteiger partial charge in [-0.3, -0.25) is 14.4 Å². The maximum Gasteiger partial charge on any atom is 0.341 e. The molecule has 1 aliphatic carbocycles. The highest BCUT2D eigenvalue weighted by molar-refractivity contribution is 7.17. The van der Waals surface area contributed by atoms with Crippen LogP contribution in [0.1, 0.15) is 50.8 Å². The molecule has 2 fully saturated rings. The van der Waals surface area contributed by atoms with Crippen LogP contribution in [0.25, 0.3) is 0 Å². The molecular weight excluding hydrogens is 476 g/mol. The number of thiophene rings is 1. The number of esters is 1. The Labute approximate surface area is 213 Å². The van der Waals surface area contributed by atoms with Crippen molar-refractivity contribution < 1.29 is 24.0 Å². The van der Waals surface area contributed by atoms with Crippen LogP contribution in [-0.4, -0.2) is 31.0 Å². The Balaban J connectivity index is 1.45. The smallest absolute Gasteiger partial charge is 0.341 e. The highest BCUT2D eigenvalue weighted by atomic mass is 32.1. The third kappa shape index (κ3) is 3.47. The van der Waals surface area contributed by atoms with E-state index in [4.69, 9.17) is 9.57 Å². The number of hydroxylamine groups is 1. The lowest BCUT2D eigenvalue weighted by Gasteiger charge is -2.28. The van der Waals surface area contributed by atoms with Crippen LogP contribution in [0.3, 0.4) is 0 Å². The van der Waals surface area contributed by atoms with Gasteiger partial charge in [-0.1, -0.05) is 48.0 Å². The van der Waals surface area contributed by atoms with Crippen molar-refractivity contribution in [3.05, 3.63) is 81.7 Å². The minimum absolute atomic E-state index is 0.349. The fourth-order valence-corrected chi connectivity index (χ4v) is 6.92. The molecule has 0 radical (unpaired) electrons. The van der Waals surface area contributed by atoms with Crippen LogP contribution < -0.4 is 9.96 Å². The first-order chi connectivity index (χ1) is 17.5. The molecule has 3 aliphatic rings. The number of para-hydroxylation sites is 1. The van der Waals surface area contributed by atoms with Crippen LogP contribution >= 0.6 is 11.3 Å². The minimum atomic E-state index is -0.978. The number of hydrogen-bond acceptors (Lipinski definition) is 7. The summed E-state index contributed by atoms with van der Waals surface area (Å²) in [7, 11) is 1.33. The summed E-state index contributed by atoms with van der Waals surface area (Å²) in [5, 5.41) is 2.06. The topological polar surface area (TPSA) is 76.2 Å². The number of imide groups is 1. The monoisotopic (exact) mass is 502 g/mol. The van der Waals surface area contributed by atoms with Crippen LogP contribution in [0.4, 0.5) is 10.7 Å². The zero-order valence-electron chi connectivity index (χ0n) is 20.1. The number of carbonyl (C=O) groups excluding carboxylic acids is 3. The molecule has 0 saturated carbocycles. The number of amides is 2. The van der Waals surface area contributed by atoms with Crippen LogP contribution in [0, 0.1) is 12.8 Å². The molecular formula is C28H26N2O5S. The standard InChI is InChI=1S/C28H26N2O5S/c1-16-12-14-17(15-13-16)23-22-24(35-30(23)18-8-4-3-5-9-18)26(32)29(25(22)31)27-21(28(33)34-2)19-10-6-7-11-20(19)36-27/h3-5,8-9,12-15,22-24H,6-7,10-11H2,1-2H3/t22-,23-,24-/m0/s1. The third-order valence-corrected chi connectivity index (χ3v) is 8.57. The molecule has 8 heteroatoms. The van der Waals surface area contributed by atoms with Crippen LogP contribution in [0.2, 0.25) is 0 Å². The normalized spacial score (nSPS) is 23.1. The molecule has 3 atom stereocenters. The summed E-state index contributed by atoms with van der Waals surface area (Å²) >= 11 is 1.36. The number of nitrogens with zero attached hydrogens (tertiary/aromatic N) is 2. The summed E-state index contributed by atoms with van der Waals surface area (Å²) in [5.74, 6) is -2.05. The molecule has 0 spiro atoms. The Morgan fingerprint density at radius 1 is 1.00 bits per heavy atom. The fourth-order valence-electron chi connectivity index (χ4n) is 5.54. The van der Waals surface area contributed by atoms with E-state index in [1.807, 2.05) is 61.5 Å². The number of rotatable bonds is 4. The van der Waals surface area contributed by atoms with E-state index in [-0.39, 0.29) is 5.91 Å². The van der Waals surface area contributed by atoms with Gasteiger partial charge in [-0.2, -0.15) is 0 Å². The number of fused-ring (bicyclic) bond motifs is 2. The molecule has 36 heavy (non-hydrogen) atoms. The first-order valence-electron chi connectivity index (χ1n) is 12.2. The Morgan fingerprint density at radius 3 is 2.44 bits per heavy atom. The highest BCUT2D eigenvalue weighted by Crippen LogP contribution is 2.50. The van der Waals surface area contributed by atoms with Crippen molar-refractivity contribution in [3.8, 4) is 0 Å². The molecule has 2 aliphatic heterocycles. The van der Waals surface area contributed by atoms with Gasteiger partial charge in [0.25, 0.3) is 5.91 Å². The van der Waals surface area contributed by atoms with E-state index in [0.717, 1.165) is 52.9 Å². The zero-order valence-corrected chi connectivity index (χ0v) is 20.9. The first-order valence-corrected chi connectivity index (χ1v) is 13.0. The lowest BCUT2D eigenvalue weighted by atomic mass is 9.90. The number of anilines is 2. The van der Waals surface area contributed by atoms with E-state index in [1.54, 1.807) is 5.06 Å². The summed E-state index contributed by atoms with van der Waals surface area (Å²) in [6.45, 7) is 2.01. The summed E-state index contributed by atoms with van der Waals surface area (Å²) in [6, 6.07) is 17.0. The largest absolute Gasteiger partial charge is 0.465 e. The van der Waals surface area contributed by atoms with Gasteiger partial charge in [-0.15, -0.1) is 11.3 Å². The molecule has 184 valence electrons. The van der Waals surface area contributed by atoms with Gasteiger partial charge in [0, 0.05) is 4.88 Å². The Morgan fingerprint density at radius 2 is 1.72 bits per heavy atom. The number of hydrogen-bond donors (Lipinski definition) is 0. The minimum Gasteiger partial charge on any atom is -0.465 e. The zero-order chi connectivity index (χ0) is 25.0. The molecule has 2 saturated heterocycles. The van der Waals surface area contributed by atoms with E-state index in [0.29, 0.717) is 10.6 Å². The van der Waals surface area contributed by atoms with Crippen molar-refractivity contribution in [1.82, 2.24) is 0 Å². The second kappa shape index (κ2) is 8.87. The lowest BCUT2D eigenvalue weighted by molar-refractivity contribution is -0.126. The maximum atomic E-state index is 14.1. The predicted molar refractivity (Wildman–Crippen MR) is 136 cm³/mol. The van der Waals surface area contributed by atoms with E-state index < -0.39 is 29.9 Å². The fraction of sp³-hybridized carbons (Fsp3) is 0.321. The maximum absolute atomic E-state index is 14.1. The van der Waals surface area contributed by atoms with Crippen molar-refractivity contribution in [2.45, 2.75) is 44.8 Å². The Hall–Kier alpha value is -3.49. The molecule has 2 aromatic carbocycles. The third-order valence-electron chi connectivity index (χ3n) is 7.29. The number of carbonyl (C=O) groups is 3. The highest BCUT2D eigenvalue weighted by Gasteiger charge is 2.61. The van der Waals surface area contributed by atoms with E-state index >= 15 is 0 Å². The van der Waals surface area contributed by atoms with Crippen molar-refractivity contribution >= 4 is 39.8 Å². The van der Waals surface area contributed by atoms with Crippen molar-refractivity contribution in [2.24, 2.45) is 5.92 Å². The van der Waals surface area contributed by atoms with Gasteiger partial charge in [-0.05, 0) is 55.9 Å². The quantitative estimate of drug-likeness (QED) is 0.378. The molecule has 2 amide bonds. The van der Waals surface area contributed by atoms with Crippen molar-refractivity contribution in [3.63, 3.8) is 0 Å². The van der Waals surface area contributed by atoms with Gasteiger partial charge in [0.1, 0.15) is 10.9 Å². The number of ether oxygens (including phenoxy) is 1. The average Bonchev–Trinajstić information content (AvgIpc) is 3.55. The van der Waals surface area contributed by atoms with Crippen LogP contribution in [-0.2, 0) is 32.0 Å². The van der Waals surface area contributed by atoms with Crippen molar-refractivity contribution in [2.75, 3.05) is 17.1 Å². The first kappa shape index (κ1) is 22.9. The second-order valence-electron chi connectivity index (χ2n) is 9.46. The average molecular weight is 503 g/mol. The SMILES string of the molecule is COC(=O)c1c(N2C(=O)[C@@H]3[C@H](ON(c4ccccc4)[C@H]3c3ccc(C)cc3)C2=O)sc2c1CCCC2. The predicted octanol–water partition coefficient (Wildman–Crippen LogP) is 4.77. The second-order valence-corrected chi connectivity index (χ2v) is 10.5. The van der Waals surface area contributed by atoms with E-state index in [2.05, 4.69) is 0 Å². The van der Waals surface area contributed by atoms with Gasteiger partial charge >= 0.3 is 5.97 Å². The number of methoxy groups -OCH3 is 1. The molecule has 6 rings (SSSR count). The van der Waals surface area contributed by atoms with Crippen molar-refractivity contribution in [1.29, 1.82) is 0 Å². The lowest BCUT2D eigenvalue weighted by Crippen LogP contribution is -2.37. The van der Waals surface area contributed by atoms with Gasteiger partial charge < -0.3 is 4.74 Å². The van der Waals surface area contributed by atoms with Gasteiger partial charge in [-0.25, -0.2) is 14.8 Å². The number of benzene rings is 2. The summed E-state index contributed by atoms with van der Waals surface area (Å²) in [5.41, 5.74) is 4.02. The van der Waals surface area contributed by atoms with Gasteiger partial charge in [0.15, 0.2) is 6.10 Å². The number of aryl methyl sites for hydroxylation is 2. The van der Waals surface area contributed by atoms with Gasteiger partial charge in [0.2, 0.25) is 5.91 Å². The van der Waals surface area contributed by atoms with E-state index in [1.165, 1.54) is 23.3 Å². The Kier molecular flexibility index (Phi) is 5.65. The van der Waals surface area contributed by atoms with E-state index in [9.17, 15) is 14.4 Å². The summed E-state index contributed by atoms with van der Waals surface area (Å²) in [4.78, 5) is 49.2. The summed E-state index contributed by atoms with van der Waals surface area (Å²) in [6.07, 6.45) is 2.57.